The maximum absolute atomic E-state index is 14.9. The van der Waals surface area contributed by atoms with Gasteiger partial charge in [0, 0.05) is 49.5 Å². The summed E-state index contributed by atoms with van der Waals surface area (Å²) in [5.41, 5.74) is 20.3. The quantitative estimate of drug-likeness (QED) is 0.0151. The third-order valence-electron chi connectivity index (χ3n) is 16.5. The van der Waals surface area contributed by atoms with Gasteiger partial charge in [-0.25, -0.2) is 4.79 Å². The monoisotopic (exact) mass is 1380 g/mol. The molecule has 1 aliphatic heterocycles. The lowest BCUT2D eigenvalue weighted by molar-refractivity contribution is -0.142. The average molecular weight is 1380 g/mol. The third kappa shape index (κ3) is 24.2. The first-order valence-electron chi connectivity index (χ1n) is 33.3. The number of amides is 10. The Bertz CT molecular complexity index is 3760. The SMILES string of the molecule is CC(C)C[C@H](NC(=O)[C@@H](CC(C)C)NC(=O)[C@H](Cc1ccc(O)cc1)NC(=O)[C@H](CO)NC(=O)[C@H](Cc1c[nH]c2ccccc12)NC(=O)[C@H](Cc1ccc(OCc2ccccc2)cc1)NC(=O)OCc1ccccc1)C(=O)N[C@@H](CCCN=C(N)N)C(=O)N1CCC[C@H]1C(=O)NCC(N)=O. The molecule has 0 bridgehead atoms. The molecular weight excluding hydrogens is 1280 g/mol. The molecule has 0 aliphatic carbocycles. The molecule has 0 saturated carbocycles. The highest BCUT2D eigenvalue weighted by Gasteiger charge is 2.40. The molecule has 100 heavy (non-hydrogen) atoms. The number of primary amides is 1. The molecule has 8 atom stereocenters. The average Bonchev–Trinajstić information content (AvgIpc) is 1.62. The summed E-state index contributed by atoms with van der Waals surface area (Å²) in [7, 11) is 0. The van der Waals surface area contributed by atoms with Gasteiger partial charge in [-0.1, -0.05) is 131 Å². The molecule has 1 aliphatic rings. The van der Waals surface area contributed by atoms with E-state index < -0.39 is 121 Å². The van der Waals surface area contributed by atoms with Crippen molar-refractivity contribution >= 4 is 76.1 Å². The Kier molecular flexibility index (Phi) is 29.2. The molecule has 0 unspecified atom stereocenters. The minimum atomic E-state index is -1.78. The van der Waals surface area contributed by atoms with Gasteiger partial charge in [-0.05, 0) is 109 Å². The van der Waals surface area contributed by atoms with E-state index in [0.717, 1.165) is 5.56 Å². The number of nitrogens with zero attached hydrogens (tertiary/aromatic N) is 2. The maximum atomic E-state index is 14.9. The number of carbonyl (C=O) groups excluding carboxylic acids is 10. The van der Waals surface area contributed by atoms with Gasteiger partial charge in [0.05, 0.1) is 13.2 Å². The number of aromatic hydroxyl groups is 1. The van der Waals surface area contributed by atoms with Crippen LogP contribution in [0.5, 0.6) is 11.5 Å². The zero-order chi connectivity index (χ0) is 72.3. The number of H-pyrrole nitrogens is 1. The van der Waals surface area contributed by atoms with E-state index in [1.165, 1.54) is 29.2 Å². The Morgan fingerprint density at radius 3 is 1.62 bits per heavy atom. The second-order valence-corrected chi connectivity index (χ2v) is 25.4. The highest BCUT2D eigenvalue weighted by molar-refractivity contribution is 5.99. The number of aliphatic hydroxyl groups excluding tert-OH is 1. The summed E-state index contributed by atoms with van der Waals surface area (Å²) in [6.45, 7) is 6.16. The number of aliphatic hydroxyl groups is 1. The molecule has 28 nitrogen and oxygen atoms in total. The normalized spacial score (nSPS) is 14.8. The molecule has 5 aromatic carbocycles. The van der Waals surface area contributed by atoms with Crippen LogP contribution in [0.15, 0.2) is 145 Å². The van der Waals surface area contributed by atoms with Crippen molar-refractivity contribution in [2.24, 2.45) is 34.0 Å². The molecule has 10 amide bonds. The third-order valence-corrected chi connectivity index (χ3v) is 16.5. The Morgan fingerprint density at radius 2 is 1.06 bits per heavy atom. The number of benzene rings is 5. The van der Waals surface area contributed by atoms with Crippen LogP contribution in [-0.4, -0.2) is 160 Å². The highest BCUT2D eigenvalue weighted by atomic mass is 16.5. The van der Waals surface area contributed by atoms with Crippen LogP contribution in [0.1, 0.15) is 94.0 Å². The van der Waals surface area contributed by atoms with E-state index in [2.05, 4.69) is 52.5 Å². The van der Waals surface area contributed by atoms with Crippen LogP contribution in [0.4, 0.5) is 4.79 Å². The first kappa shape index (κ1) is 76.3. The fourth-order valence-electron chi connectivity index (χ4n) is 11.4. The van der Waals surface area contributed by atoms with Gasteiger partial charge in [0.1, 0.15) is 73.0 Å². The number of nitrogens with two attached hydrogens (primary N) is 3. The number of aliphatic imine (C=N–C) groups is 1. The number of rotatable bonds is 37. The molecule has 0 radical (unpaired) electrons. The topological polar surface area (TPSA) is 435 Å². The summed E-state index contributed by atoms with van der Waals surface area (Å²) in [4.78, 5) is 149. The molecular formula is C72H92N14O14. The standard InChI is InChI=1S/C72H92N14O14/c1-43(2)33-55(63(90)79-54(21-13-31-76-71(74)75)70(97)86-32-14-22-61(86)69(96)78-39-62(73)89)80-64(91)56(34-44(3)4)81-65(92)57(35-45-23-27-50(88)28-24-45)82-68(95)60(40-87)84-67(94)59(37-49-38-77-53-20-12-11-19-52(49)53)83-66(93)58(85-72(98)100-42-48-17-9-6-10-18-48)36-46-25-29-51(30-26-46)99-41-47-15-7-5-8-16-47/h5-12,15-20,23-30,38,43-44,54-61,77,87-88H,13-14,21-22,31-37,39-42H2,1-4H3,(H2,73,89)(H,78,96)(H,79,90)(H,80,91)(H,81,92)(H,82,95)(H,83,93)(H,84,94)(H,85,98)(H4,74,75,76)/t54-,55-,56+,57-,58-,59-,60-,61-/m0/s1. The number of likely N-dealkylation sites (tertiary alicyclic amines) is 1. The fraction of sp³-hybridized carbons (Fsp3) is 0.403. The van der Waals surface area contributed by atoms with E-state index in [9.17, 15) is 58.2 Å². The van der Waals surface area contributed by atoms with Gasteiger partial charge in [0.15, 0.2) is 5.96 Å². The van der Waals surface area contributed by atoms with Crippen molar-refractivity contribution in [1.29, 1.82) is 0 Å². The van der Waals surface area contributed by atoms with Gasteiger partial charge in [-0.3, -0.25) is 48.1 Å². The minimum absolute atomic E-state index is 0.00801. The smallest absolute Gasteiger partial charge is 0.408 e. The Hall–Kier alpha value is -11.0. The second-order valence-electron chi connectivity index (χ2n) is 25.4. The number of ether oxygens (including phenoxy) is 2. The summed E-state index contributed by atoms with van der Waals surface area (Å²) in [5, 5.41) is 43.3. The van der Waals surface area contributed by atoms with E-state index in [0.29, 0.717) is 51.9 Å². The van der Waals surface area contributed by atoms with Crippen LogP contribution in [0.25, 0.3) is 10.9 Å². The van der Waals surface area contributed by atoms with Crippen LogP contribution >= 0.6 is 0 Å². The van der Waals surface area contributed by atoms with Crippen LogP contribution in [-0.2, 0) is 80.4 Å². The number of nitrogens with one attached hydrogen (secondary N) is 9. The predicted molar refractivity (Wildman–Crippen MR) is 373 cm³/mol. The number of para-hydroxylation sites is 1. The largest absolute Gasteiger partial charge is 0.508 e. The number of phenols is 1. The molecule has 1 aromatic heterocycles. The molecule has 7 rings (SSSR count). The van der Waals surface area contributed by atoms with Crippen LogP contribution in [0.3, 0.4) is 0 Å². The number of phenolic OH excluding ortho intramolecular Hbond substituents is 1. The number of hydrogen-bond donors (Lipinski definition) is 14. The lowest BCUT2D eigenvalue weighted by atomic mass is 9.98. The predicted octanol–water partition coefficient (Wildman–Crippen LogP) is 2.41. The van der Waals surface area contributed by atoms with Gasteiger partial charge >= 0.3 is 6.09 Å². The first-order chi connectivity index (χ1) is 47.9. The summed E-state index contributed by atoms with van der Waals surface area (Å²) in [6.07, 6.45) is 1.20. The van der Waals surface area contributed by atoms with Crippen molar-refractivity contribution in [3.63, 3.8) is 0 Å². The van der Waals surface area contributed by atoms with Crippen molar-refractivity contribution in [3.8, 4) is 11.5 Å². The number of hydrogen-bond acceptors (Lipinski definition) is 15. The molecule has 6 aromatic rings. The molecule has 2 heterocycles. The van der Waals surface area contributed by atoms with Crippen molar-refractivity contribution in [2.45, 2.75) is 147 Å². The fourth-order valence-corrected chi connectivity index (χ4v) is 11.4. The zero-order valence-corrected chi connectivity index (χ0v) is 56.6. The van der Waals surface area contributed by atoms with Gasteiger partial charge < -0.3 is 89.3 Å². The van der Waals surface area contributed by atoms with Crippen molar-refractivity contribution in [1.82, 2.24) is 52.4 Å². The van der Waals surface area contributed by atoms with Gasteiger partial charge in [0.2, 0.25) is 53.2 Å². The number of carbonyl (C=O) groups is 10. The highest BCUT2D eigenvalue weighted by Crippen LogP contribution is 2.23. The number of aromatic amines is 1. The first-order valence-corrected chi connectivity index (χ1v) is 33.3. The molecule has 17 N–H and O–H groups in total. The lowest BCUT2D eigenvalue weighted by Crippen LogP contribution is -2.61. The van der Waals surface area contributed by atoms with Crippen LogP contribution < -0.4 is 64.5 Å². The minimum Gasteiger partial charge on any atom is -0.508 e. The molecule has 1 saturated heterocycles. The molecule has 534 valence electrons. The Labute approximate surface area is 580 Å². The van der Waals surface area contributed by atoms with E-state index in [1.807, 2.05) is 68.4 Å². The summed E-state index contributed by atoms with van der Waals surface area (Å²) < 4.78 is 11.5. The second kappa shape index (κ2) is 38.2. The Balaban J connectivity index is 1.11. The number of fused-ring (bicyclic) bond motifs is 1. The van der Waals surface area contributed by atoms with Gasteiger partial charge in [-0.15, -0.1) is 0 Å². The summed E-state index contributed by atoms with van der Waals surface area (Å²) in [6, 6.07) is 27.3. The maximum Gasteiger partial charge on any atom is 0.408 e. The number of alkyl carbamates (subject to hydrolysis) is 1. The van der Waals surface area contributed by atoms with E-state index >= 15 is 0 Å². The van der Waals surface area contributed by atoms with E-state index in [-0.39, 0.29) is 94.6 Å². The van der Waals surface area contributed by atoms with Crippen molar-refractivity contribution < 1.29 is 67.6 Å². The van der Waals surface area contributed by atoms with Crippen LogP contribution in [0, 0.1) is 11.8 Å². The van der Waals surface area contributed by atoms with E-state index in [4.69, 9.17) is 26.7 Å². The van der Waals surface area contributed by atoms with E-state index in [1.54, 1.807) is 74.6 Å². The van der Waals surface area contributed by atoms with Crippen molar-refractivity contribution in [2.75, 3.05) is 26.2 Å². The molecule has 28 heteroatoms. The molecule has 0 spiro atoms. The molecule has 1 fully saturated rings. The number of guanidine groups is 1. The Morgan fingerprint density at radius 1 is 0.570 bits per heavy atom. The summed E-state index contributed by atoms with van der Waals surface area (Å²) >= 11 is 0. The lowest BCUT2D eigenvalue weighted by Gasteiger charge is -2.31. The summed E-state index contributed by atoms with van der Waals surface area (Å²) in [5.74, 6) is -7.50. The van der Waals surface area contributed by atoms with Crippen molar-refractivity contribution in [3.05, 3.63) is 167 Å². The number of aromatic nitrogens is 1. The van der Waals surface area contributed by atoms with Gasteiger partial charge in [0.25, 0.3) is 0 Å². The van der Waals surface area contributed by atoms with Crippen LogP contribution in [0.2, 0.25) is 0 Å². The zero-order valence-electron chi connectivity index (χ0n) is 56.6. The van der Waals surface area contributed by atoms with Gasteiger partial charge in [-0.2, -0.15) is 0 Å².